The lowest BCUT2D eigenvalue weighted by molar-refractivity contribution is -0.152. The summed E-state index contributed by atoms with van der Waals surface area (Å²) < 4.78 is 5.26. The summed E-state index contributed by atoms with van der Waals surface area (Å²) >= 11 is 3.24. The molecular formula is C9H6BrNO3. The van der Waals surface area contributed by atoms with Crippen LogP contribution in [0.5, 0.6) is 0 Å². The van der Waals surface area contributed by atoms with E-state index in [-0.39, 0.29) is 6.42 Å². The first-order valence-electron chi connectivity index (χ1n) is 4.03. The van der Waals surface area contributed by atoms with Crippen LogP contribution in [0, 0.1) is 0 Å². The maximum atomic E-state index is 11.2. The van der Waals surface area contributed by atoms with Crippen molar-refractivity contribution in [2.24, 2.45) is 0 Å². The van der Waals surface area contributed by atoms with Crippen LogP contribution in [0.25, 0.3) is 0 Å². The number of ether oxygens (including phenoxy) is 1. The molecule has 0 N–H and O–H groups in total. The molecule has 72 valence electrons. The number of hydrogen-bond donors (Lipinski definition) is 0. The molecule has 0 aliphatic carbocycles. The van der Waals surface area contributed by atoms with Crippen LogP contribution in [-0.2, 0) is 14.3 Å². The highest BCUT2D eigenvalue weighted by molar-refractivity contribution is 9.10. The van der Waals surface area contributed by atoms with E-state index in [0.717, 1.165) is 4.47 Å². The van der Waals surface area contributed by atoms with E-state index >= 15 is 0 Å². The van der Waals surface area contributed by atoms with E-state index in [9.17, 15) is 9.59 Å². The fourth-order valence-electron chi connectivity index (χ4n) is 1.29. The maximum absolute atomic E-state index is 11.2. The second-order valence-electron chi connectivity index (χ2n) is 2.95. The van der Waals surface area contributed by atoms with Crippen LogP contribution in [0.3, 0.4) is 0 Å². The third kappa shape index (κ3) is 1.68. The number of carbonyl (C=O) groups is 2. The van der Waals surface area contributed by atoms with E-state index in [2.05, 4.69) is 25.7 Å². The number of pyridine rings is 1. The molecule has 1 aromatic heterocycles. The Morgan fingerprint density at radius 1 is 1.43 bits per heavy atom. The first-order chi connectivity index (χ1) is 6.66. The normalized spacial score (nSPS) is 21.1. The van der Waals surface area contributed by atoms with Gasteiger partial charge in [-0.2, -0.15) is 0 Å². The molecular weight excluding hydrogens is 250 g/mol. The van der Waals surface area contributed by atoms with Crippen molar-refractivity contribution in [2.45, 2.75) is 12.3 Å². The van der Waals surface area contributed by atoms with Crippen LogP contribution in [0.15, 0.2) is 22.8 Å². The largest absolute Gasteiger partial charge is 0.393 e. The molecule has 1 fully saturated rings. The van der Waals surface area contributed by atoms with E-state index in [0.29, 0.717) is 5.69 Å². The Morgan fingerprint density at radius 3 is 2.71 bits per heavy atom. The molecule has 5 heteroatoms. The molecule has 0 radical (unpaired) electrons. The second-order valence-corrected chi connectivity index (χ2v) is 3.87. The van der Waals surface area contributed by atoms with E-state index < -0.39 is 17.9 Å². The van der Waals surface area contributed by atoms with Gasteiger partial charge in [-0.05, 0) is 28.1 Å². The molecule has 0 saturated carbocycles. The Bertz CT molecular complexity index is 388. The van der Waals surface area contributed by atoms with Gasteiger partial charge in [-0.15, -0.1) is 0 Å². The summed E-state index contributed by atoms with van der Waals surface area (Å²) in [6.07, 6.45) is 1.68. The molecule has 1 atom stereocenters. The summed E-state index contributed by atoms with van der Waals surface area (Å²) in [6, 6.07) is 3.48. The van der Waals surface area contributed by atoms with Gasteiger partial charge in [0.2, 0.25) is 0 Å². The van der Waals surface area contributed by atoms with Crippen molar-refractivity contribution in [1.29, 1.82) is 0 Å². The van der Waals surface area contributed by atoms with Crippen LogP contribution in [0.1, 0.15) is 18.0 Å². The van der Waals surface area contributed by atoms with Gasteiger partial charge in [-0.25, -0.2) is 0 Å². The molecule has 0 bridgehead atoms. The molecule has 0 aromatic carbocycles. The monoisotopic (exact) mass is 255 g/mol. The number of halogens is 1. The molecule has 1 aromatic rings. The molecule has 2 heterocycles. The van der Waals surface area contributed by atoms with Gasteiger partial charge >= 0.3 is 11.9 Å². The molecule has 1 aliphatic heterocycles. The number of hydrogen-bond acceptors (Lipinski definition) is 4. The van der Waals surface area contributed by atoms with Crippen molar-refractivity contribution in [1.82, 2.24) is 4.98 Å². The summed E-state index contributed by atoms with van der Waals surface area (Å²) in [5.74, 6) is -1.52. The fourth-order valence-corrected chi connectivity index (χ4v) is 1.53. The number of nitrogens with zero attached hydrogens (tertiary/aromatic N) is 1. The molecule has 1 unspecified atom stereocenters. The smallest absolute Gasteiger partial charge is 0.323 e. The predicted octanol–water partition coefficient (Wildman–Crippen LogP) is 1.40. The molecule has 1 saturated heterocycles. The number of cyclic esters (lactones) is 2. The average molecular weight is 256 g/mol. The number of carbonyl (C=O) groups excluding carboxylic acids is 2. The lowest BCUT2D eigenvalue weighted by Gasteiger charge is -2.02. The second kappa shape index (κ2) is 3.49. The van der Waals surface area contributed by atoms with Gasteiger partial charge in [0.1, 0.15) is 5.92 Å². The van der Waals surface area contributed by atoms with E-state index in [1.54, 1.807) is 18.3 Å². The molecule has 2 rings (SSSR count). The lowest BCUT2D eigenvalue weighted by Crippen LogP contribution is -2.07. The van der Waals surface area contributed by atoms with Crippen molar-refractivity contribution in [3.05, 3.63) is 28.5 Å². The first-order valence-corrected chi connectivity index (χ1v) is 4.82. The lowest BCUT2D eigenvalue weighted by atomic mass is 10.0. The van der Waals surface area contributed by atoms with E-state index in [1.165, 1.54) is 0 Å². The number of rotatable bonds is 1. The third-order valence-corrected chi connectivity index (χ3v) is 2.45. The zero-order chi connectivity index (χ0) is 10.1. The Kier molecular flexibility index (Phi) is 2.33. The minimum Gasteiger partial charge on any atom is -0.393 e. The van der Waals surface area contributed by atoms with E-state index in [1.807, 2.05) is 0 Å². The number of aromatic nitrogens is 1. The Hall–Kier alpha value is -1.23. The molecule has 0 spiro atoms. The highest BCUT2D eigenvalue weighted by Gasteiger charge is 2.35. The van der Waals surface area contributed by atoms with Crippen molar-refractivity contribution in [3.63, 3.8) is 0 Å². The highest BCUT2D eigenvalue weighted by Crippen LogP contribution is 2.26. The SMILES string of the molecule is O=C1CC(c2ccc(Br)cn2)C(=O)O1. The summed E-state index contributed by atoms with van der Waals surface area (Å²) in [5.41, 5.74) is 0.573. The predicted molar refractivity (Wildman–Crippen MR) is 50.4 cm³/mol. The molecule has 4 nitrogen and oxygen atoms in total. The zero-order valence-electron chi connectivity index (χ0n) is 7.07. The minimum atomic E-state index is -0.532. The van der Waals surface area contributed by atoms with Gasteiger partial charge < -0.3 is 4.74 Å². The topological polar surface area (TPSA) is 56.3 Å². The summed E-state index contributed by atoms with van der Waals surface area (Å²) in [6.45, 7) is 0. The van der Waals surface area contributed by atoms with Gasteiger partial charge in [0.15, 0.2) is 0 Å². The third-order valence-electron chi connectivity index (χ3n) is 1.98. The van der Waals surface area contributed by atoms with E-state index in [4.69, 9.17) is 0 Å². The Morgan fingerprint density at radius 2 is 2.21 bits per heavy atom. The van der Waals surface area contributed by atoms with Crippen LogP contribution in [0.2, 0.25) is 0 Å². The highest BCUT2D eigenvalue weighted by atomic mass is 79.9. The maximum Gasteiger partial charge on any atom is 0.323 e. The van der Waals surface area contributed by atoms with Crippen molar-refractivity contribution < 1.29 is 14.3 Å². The summed E-state index contributed by atoms with van der Waals surface area (Å²) in [7, 11) is 0. The fraction of sp³-hybridized carbons (Fsp3) is 0.222. The van der Waals surface area contributed by atoms with Gasteiger partial charge in [0, 0.05) is 10.7 Å². The van der Waals surface area contributed by atoms with Crippen LogP contribution < -0.4 is 0 Å². The minimum absolute atomic E-state index is 0.0907. The van der Waals surface area contributed by atoms with Gasteiger partial charge in [-0.1, -0.05) is 0 Å². The average Bonchev–Trinajstić information content (AvgIpc) is 2.47. The van der Waals surface area contributed by atoms with Crippen molar-refractivity contribution >= 4 is 27.9 Å². The molecule has 0 amide bonds. The summed E-state index contributed by atoms with van der Waals surface area (Å²) in [5, 5.41) is 0. The number of esters is 2. The molecule has 14 heavy (non-hydrogen) atoms. The Balaban J connectivity index is 2.27. The van der Waals surface area contributed by atoms with Crippen LogP contribution in [-0.4, -0.2) is 16.9 Å². The zero-order valence-corrected chi connectivity index (χ0v) is 8.65. The quantitative estimate of drug-likeness (QED) is 0.563. The standard InChI is InChI=1S/C9H6BrNO3/c10-5-1-2-7(11-4-5)6-3-8(12)14-9(6)13/h1-2,4,6H,3H2. The van der Waals surface area contributed by atoms with Gasteiger partial charge in [0.05, 0.1) is 12.1 Å². The van der Waals surface area contributed by atoms with Crippen molar-refractivity contribution in [3.8, 4) is 0 Å². The summed E-state index contributed by atoms with van der Waals surface area (Å²) in [4.78, 5) is 26.0. The Labute approximate surface area is 88.4 Å². The van der Waals surface area contributed by atoms with Gasteiger partial charge in [0.25, 0.3) is 0 Å². The van der Waals surface area contributed by atoms with Crippen LogP contribution in [0.4, 0.5) is 0 Å². The van der Waals surface area contributed by atoms with Gasteiger partial charge in [-0.3, -0.25) is 14.6 Å². The van der Waals surface area contributed by atoms with Crippen molar-refractivity contribution in [2.75, 3.05) is 0 Å². The first kappa shape index (κ1) is 9.33. The molecule has 1 aliphatic rings. The van der Waals surface area contributed by atoms with Crippen LogP contribution >= 0.6 is 15.9 Å².